The first-order valence-corrected chi connectivity index (χ1v) is 11.3. The summed E-state index contributed by atoms with van der Waals surface area (Å²) in [5.41, 5.74) is 3.70. The van der Waals surface area contributed by atoms with Gasteiger partial charge in [-0.05, 0) is 69.1 Å². The van der Waals surface area contributed by atoms with E-state index < -0.39 is 0 Å². The molecular weight excluding hydrogens is 394 g/mol. The average Bonchev–Trinajstić information content (AvgIpc) is 3.11. The maximum absolute atomic E-state index is 12.8. The van der Waals surface area contributed by atoms with Crippen LogP contribution in [0.5, 0.6) is 0 Å². The molecule has 30 heavy (non-hydrogen) atoms. The first kappa shape index (κ1) is 21.0. The Bertz CT molecular complexity index is 1010. The van der Waals surface area contributed by atoms with Crippen molar-refractivity contribution in [1.29, 1.82) is 0 Å². The molecule has 2 aromatic carbocycles. The molecule has 4 nitrogen and oxygen atoms in total. The fourth-order valence-corrected chi connectivity index (χ4v) is 4.65. The topological polar surface area (TPSA) is 37.3 Å². The van der Waals surface area contributed by atoms with Gasteiger partial charge in [0.15, 0.2) is 0 Å². The van der Waals surface area contributed by atoms with Gasteiger partial charge in [-0.1, -0.05) is 41.9 Å². The molecule has 0 spiro atoms. The standard InChI is InChI=1S/C25H30ClN3O/c1-3-29-17-21(23-15-22(26)9-10-24(23)29)16-28-13-11-20(12-14-28)25(30)27-18(2)19-7-5-4-6-8-19/h4-10,15,17-18,20H,3,11-14,16H2,1-2H3,(H,27,30). The molecule has 1 unspecified atom stereocenters. The SMILES string of the molecule is CCn1cc(CN2CCC(C(=O)NC(C)c3ccccc3)CC2)c2cc(Cl)ccc21. The summed E-state index contributed by atoms with van der Waals surface area (Å²) in [6, 6.07) is 16.3. The van der Waals surface area contributed by atoms with Gasteiger partial charge in [0.2, 0.25) is 5.91 Å². The van der Waals surface area contributed by atoms with Crippen molar-refractivity contribution >= 4 is 28.4 Å². The quantitative estimate of drug-likeness (QED) is 0.576. The minimum absolute atomic E-state index is 0.0432. The van der Waals surface area contributed by atoms with Crippen LogP contribution >= 0.6 is 11.6 Å². The summed E-state index contributed by atoms with van der Waals surface area (Å²) >= 11 is 6.26. The smallest absolute Gasteiger partial charge is 0.223 e. The highest BCUT2D eigenvalue weighted by molar-refractivity contribution is 6.31. The fourth-order valence-electron chi connectivity index (χ4n) is 4.48. The number of carbonyl (C=O) groups is 1. The van der Waals surface area contributed by atoms with Gasteiger partial charge < -0.3 is 9.88 Å². The number of hydrogen-bond acceptors (Lipinski definition) is 2. The number of aromatic nitrogens is 1. The van der Waals surface area contributed by atoms with Crippen molar-refractivity contribution in [2.24, 2.45) is 5.92 Å². The van der Waals surface area contributed by atoms with E-state index in [2.05, 4.69) is 59.1 Å². The van der Waals surface area contributed by atoms with Crippen molar-refractivity contribution in [3.8, 4) is 0 Å². The van der Waals surface area contributed by atoms with Crippen LogP contribution in [0.4, 0.5) is 0 Å². The first-order valence-electron chi connectivity index (χ1n) is 10.9. The van der Waals surface area contributed by atoms with E-state index in [-0.39, 0.29) is 17.9 Å². The Hall–Kier alpha value is -2.30. The highest BCUT2D eigenvalue weighted by Crippen LogP contribution is 2.28. The van der Waals surface area contributed by atoms with Crippen LogP contribution in [0.3, 0.4) is 0 Å². The molecular formula is C25H30ClN3O. The lowest BCUT2D eigenvalue weighted by Gasteiger charge is -2.31. The van der Waals surface area contributed by atoms with Crippen LogP contribution in [0.2, 0.25) is 5.02 Å². The number of halogens is 1. The van der Waals surface area contributed by atoms with E-state index in [1.807, 2.05) is 24.3 Å². The predicted molar refractivity (Wildman–Crippen MR) is 124 cm³/mol. The zero-order valence-corrected chi connectivity index (χ0v) is 18.5. The molecule has 1 saturated heterocycles. The molecule has 1 aromatic heterocycles. The van der Waals surface area contributed by atoms with Gasteiger partial charge in [-0.3, -0.25) is 9.69 Å². The fraction of sp³-hybridized carbons (Fsp3) is 0.400. The van der Waals surface area contributed by atoms with E-state index in [0.29, 0.717) is 0 Å². The Morgan fingerprint density at radius 2 is 1.90 bits per heavy atom. The van der Waals surface area contributed by atoms with Crippen LogP contribution in [0.15, 0.2) is 54.7 Å². The number of benzene rings is 2. The van der Waals surface area contributed by atoms with E-state index in [1.54, 1.807) is 0 Å². The molecule has 0 radical (unpaired) electrons. The highest BCUT2D eigenvalue weighted by Gasteiger charge is 2.26. The Kier molecular flexibility index (Phi) is 6.45. The highest BCUT2D eigenvalue weighted by atomic mass is 35.5. The van der Waals surface area contributed by atoms with Crippen LogP contribution < -0.4 is 5.32 Å². The normalized spacial score (nSPS) is 16.6. The first-order chi connectivity index (χ1) is 14.5. The van der Waals surface area contributed by atoms with Gasteiger partial charge >= 0.3 is 0 Å². The molecule has 0 saturated carbocycles. The van der Waals surface area contributed by atoms with Gasteiger partial charge in [0.05, 0.1) is 6.04 Å². The number of piperidine rings is 1. The second-order valence-corrected chi connectivity index (χ2v) is 8.73. The Morgan fingerprint density at radius 1 is 1.17 bits per heavy atom. The molecule has 1 fully saturated rings. The Morgan fingerprint density at radius 3 is 2.60 bits per heavy atom. The number of hydrogen-bond donors (Lipinski definition) is 1. The summed E-state index contributed by atoms with van der Waals surface area (Å²) in [5.74, 6) is 0.277. The number of nitrogens with one attached hydrogen (secondary N) is 1. The number of fused-ring (bicyclic) bond motifs is 1. The number of amides is 1. The Labute approximate surface area is 183 Å². The van der Waals surface area contributed by atoms with E-state index >= 15 is 0 Å². The minimum atomic E-state index is 0.0432. The third-order valence-corrected chi connectivity index (χ3v) is 6.51. The second-order valence-electron chi connectivity index (χ2n) is 8.29. The van der Waals surface area contributed by atoms with E-state index in [9.17, 15) is 4.79 Å². The number of carbonyl (C=O) groups excluding carboxylic acids is 1. The average molecular weight is 424 g/mol. The van der Waals surface area contributed by atoms with Gasteiger partial charge in [0, 0.05) is 41.1 Å². The number of rotatable bonds is 6. The molecule has 0 aliphatic carbocycles. The summed E-state index contributed by atoms with van der Waals surface area (Å²) in [5, 5.41) is 5.21. The van der Waals surface area contributed by atoms with E-state index in [1.165, 1.54) is 16.5 Å². The lowest BCUT2D eigenvalue weighted by molar-refractivity contribution is -0.127. The van der Waals surface area contributed by atoms with E-state index in [4.69, 9.17) is 11.6 Å². The van der Waals surface area contributed by atoms with Crippen LogP contribution in [0, 0.1) is 5.92 Å². The summed E-state index contributed by atoms with van der Waals surface area (Å²) < 4.78 is 2.28. The number of aryl methyl sites for hydroxylation is 1. The Balaban J connectivity index is 1.35. The summed E-state index contributed by atoms with van der Waals surface area (Å²) in [4.78, 5) is 15.2. The van der Waals surface area contributed by atoms with Crippen LogP contribution in [0.25, 0.3) is 10.9 Å². The van der Waals surface area contributed by atoms with E-state index in [0.717, 1.165) is 49.6 Å². The lowest BCUT2D eigenvalue weighted by Crippen LogP contribution is -2.40. The molecule has 2 heterocycles. The maximum atomic E-state index is 12.8. The molecule has 1 aliphatic rings. The monoisotopic (exact) mass is 423 g/mol. The summed E-state index contributed by atoms with van der Waals surface area (Å²) in [6.45, 7) is 7.95. The van der Waals surface area contributed by atoms with Crippen LogP contribution in [-0.4, -0.2) is 28.5 Å². The molecule has 1 aliphatic heterocycles. The van der Waals surface area contributed by atoms with Crippen LogP contribution in [-0.2, 0) is 17.9 Å². The molecule has 1 N–H and O–H groups in total. The van der Waals surface area contributed by atoms with Crippen molar-refractivity contribution in [3.05, 3.63) is 70.9 Å². The molecule has 1 amide bonds. The molecule has 0 bridgehead atoms. The molecule has 1 atom stereocenters. The third-order valence-electron chi connectivity index (χ3n) is 6.28. The number of likely N-dealkylation sites (tertiary alicyclic amines) is 1. The second kappa shape index (κ2) is 9.23. The molecule has 5 heteroatoms. The minimum Gasteiger partial charge on any atom is -0.349 e. The van der Waals surface area contributed by atoms with Crippen LogP contribution in [0.1, 0.15) is 43.9 Å². The zero-order chi connectivity index (χ0) is 21.1. The van der Waals surface area contributed by atoms with Crippen molar-refractivity contribution in [2.45, 2.75) is 45.8 Å². The third kappa shape index (κ3) is 4.55. The van der Waals surface area contributed by atoms with Gasteiger partial charge in [-0.2, -0.15) is 0 Å². The zero-order valence-electron chi connectivity index (χ0n) is 17.8. The van der Waals surface area contributed by atoms with Crippen molar-refractivity contribution < 1.29 is 4.79 Å². The maximum Gasteiger partial charge on any atom is 0.223 e. The predicted octanol–water partition coefficient (Wildman–Crippen LogP) is 5.40. The van der Waals surface area contributed by atoms with Gasteiger partial charge in [0.25, 0.3) is 0 Å². The van der Waals surface area contributed by atoms with Crippen molar-refractivity contribution in [2.75, 3.05) is 13.1 Å². The molecule has 3 aromatic rings. The molecule has 4 rings (SSSR count). The van der Waals surface area contributed by atoms with Gasteiger partial charge in [0.1, 0.15) is 0 Å². The summed E-state index contributed by atoms with van der Waals surface area (Å²) in [6.07, 6.45) is 4.06. The lowest BCUT2D eigenvalue weighted by atomic mass is 9.95. The summed E-state index contributed by atoms with van der Waals surface area (Å²) in [7, 11) is 0. The number of nitrogens with zero attached hydrogens (tertiary/aromatic N) is 2. The van der Waals surface area contributed by atoms with Gasteiger partial charge in [-0.15, -0.1) is 0 Å². The van der Waals surface area contributed by atoms with Crippen molar-refractivity contribution in [3.63, 3.8) is 0 Å². The van der Waals surface area contributed by atoms with Gasteiger partial charge in [-0.25, -0.2) is 0 Å². The van der Waals surface area contributed by atoms with Crippen molar-refractivity contribution in [1.82, 2.24) is 14.8 Å². The molecule has 158 valence electrons. The largest absolute Gasteiger partial charge is 0.349 e.